The predicted molar refractivity (Wildman–Crippen MR) is 79.0 cm³/mol. The van der Waals surface area contributed by atoms with Gasteiger partial charge in [-0.1, -0.05) is 6.07 Å². The van der Waals surface area contributed by atoms with Gasteiger partial charge in [0, 0.05) is 14.8 Å². The van der Waals surface area contributed by atoms with Crippen LogP contribution in [0.25, 0.3) is 11.6 Å². The Morgan fingerprint density at radius 1 is 1.39 bits per heavy atom. The van der Waals surface area contributed by atoms with Crippen LogP contribution in [0.2, 0.25) is 0 Å². The molecule has 1 amide bonds. The summed E-state index contributed by atoms with van der Waals surface area (Å²) in [6, 6.07) is 5.84. The van der Waals surface area contributed by atoms with Crippen LogP contribution >= 0.6 is 22.6 Å². The summed E-state index contributed by atoms with van der Waals surface area (Å²) in [5, 5.41) is 2.87. The number of rotatable bonds is 1. The molecule has 0 unspecified atom stereocenters. The van der Waals surface area contributed by atoms with E-state index < -0.39 is 0 Å². The molecule has 18 heavy (non-hydrogen) atoms. The first-order valence-corrected chi connectivity index (χ1v) is 6.56. The van der Waals surface area contributed by atoms with E-state index in [0.717, 1.165) is 26.2 Å². The van der Waals surface area contributed by atoms with Crippen molar-refractivity contribution in [1.82, 2.24) is 9.97 Å². The normalized spacial score (nSPS) is 15.9. The Balaban J connectivity index is 2.18. The number of aryl methyl sites for hydroxylation is 1. The monoisotopic (exact) mass is 351 g/mol. The lowest BCUT2D eigenvalue weighted by atomic mass is 10.1. The molecule has 90 valence electrons. The number of carbonyl (C=O) groups is 1. The first kappa shape index (κ1) is 11.5. The summed E-state index contributed by atoms with van der Waals surface area (Å²) < 4.78 is 1.06. The third-order valence-electron chi connectivity index (χ3n) is 2.93. The summed E-state index contributed by atoms with van der Waals surface area (Å²) in [4.78, 5) is 19.2. The largest absolute Gasteiger partial charge is 0.348 e. The topological polar surface area (TPSA) is 57.8 Å². The second kappa shape index (κ2) is 4.24. The molecule has 0 spiro atoms. The number of hydrogen-bond acceptors (Lipinski definition) is 2. The van der Waals surface area contributed by atoms with E-state index in [1.165, 1.54) is 0 Å². The van der Waals surface area contributed by atoms with E-state index >= 15 is 0 Å². The molecule has 0 saturated heterocycles. The van der Waals surface area contributed by atoms with Crippen LogP contribution in [0.15, 0.2) is 24.5 Å². The van der Waals surface area contributed by atoms with Gasteiger partial charge >= 0.3 is 0 Å². The molecular formula is C13H10IN3O. The number of benzene rings is 1. The fourth-order valence-corrected chi connectivity index (χ4v) is 2.78. The zero-order valence-electron chi connectivity index (χ0n) is 9.62. The van der Waals surface area contributed by atoms with Crippen molar-refractivity contribution in [3.05, 3.63) is 45.0 Å². The molecule has 0 saturated carbocycles. The molecule has 4 nitrogen and oxygen atoms in total. The zero-order chi connectivity index (χ0) is 12.7. The number of nitrogens with zero attached hydrogens (tertiary/aromatic N) is 1. The third kappa shape index (κ3) is 1.74. The second-order valence-corrected chi connectivity index (χ2v) is 5.25. The molecule has 3 rings (SSSR count). The van der Waals surface area contributed by atoms with Crippen molar-refractivity contribution in [3.63, 3.8) is 0 Å². The number of H-pyrrole nitrogens is 1. The van der Waals surface area contributed by atoms with Gasteiger partial charge in [-0.05, 0) is 47.7 Å². The summed E-state index contributed by atoms with van der Waals surface area (Å²) in [6.07, 6.45) is 3.46. The van der Waals surface area contributed by atoms with Crippen LogP contribution in [-0.4, -0.2) is 15.9 Å². The molecule has 2 aromatic rings. The molecule has 1 aliphatic rings. The molecule has 0 radical (unpaired) electrons. The van der Waals surface area contributed by atoms with Gasteiger partial charge in [0.15, 0.2) is 0 Å². The van der Waals surface area contributed by atoms with Crippen LogP contribution in [0.3, 0.4) is 0 Å². The number of aromatic nitrogens is 2. The maximum absolute atomic E-state index is 12.0. The van der Waals surface area contributed by atoms with E-state index in [-0.39, 0.29) is 5.91 Å². The summed E-state index contributed by atoms with van der Waals surface area (Å²) in [6.45, 7) is 1.93. The summed E-state index contributed by atoms with van der Waals surface area (Å²) in [5.41, 5.74) is 4.25. The number of carbonyl (C=O) groups excluding carboxylic acids is 1. The number of fused-ring (bicyclic) bond motifs is 1. The van der Waals surface area contributed by atoms with E-state index in [4.69, 9.17) is 0 Å². The molecular weight excluding hydrogens is 341 g/mol. The maximum Gasteiger partial charge on any atom is 0.256 e. The lowest BCUT2D eigenvalue weighted by Crippen LogP contribution is -2.03. The molecule has 2 heterocycles. The minimum Gasteiger partial charge on any atom is -0.348 e. The Labute approximate surface area is 118 Å². The smallest absolute Gasteiger partial charge is 0.256 e. The van der Waals surface area contributed by atoms with Gasteiger partial charge < -0.3 is 10.3 Å². The van der Waals surface area contributed by atoms with Gasteiger partial charge in [-0.15, -0.1) is 0 Å². The van der Waals surface area contributed by atoms with E-state index in [1.54, 1.807) is 6.33 Å². The average Bonchev–Trinajstić information content (AvgIpc) is 2.86. The van der Waals surface area contributed by atoms with Crippen molar-refractivity contribution in [3.8, 4) is 0 Å². The highest BCUT2D eigenvalue weighted by Crippen LogP contribution is 2.36. The Hall–Kier alpha value is -1.63. The quantitative estimate of drug-likeness (QED) is 0.613. The van der Waals surface area contributed by atoms with Crippen molar-refractivity contribution in [2.45, 2.75) is 6.92 Å². The van der Waals surface area contributed by atoms with Gasteiger partial charge in [0.2, 0.25) is 0 Å². The van der Waals surface area contributed by atoms with Crippen LogP contribution in [0.4, 0.5) is 5.69 Å². The number of hydrogen-bond donors (Lipinski definition) is 2. The lowest BCUT2D eigenvalue weighted by Gasteiger charge is -2.00. The van der Waals surface area contributed by atoms with Crippen molar-refractivity contribution in [2.24, 2.45) is 0 Å². The van der Waals surface area contributed by atoms with Gasteiger partial charge in [-0.25, -0.2) is 4.98 Å². The van der Waals surface area contributed by atoms with Crippen LogP contribution in [0.1, 0.15) is 17.0 Å². The van der Waals surface area contributed by atoms with Gasteiger partial charge in [-0.3, -0.25) is 4.79 Å². The summed E-state index contributed by atoms with van der Waals surface area (Å²) in [7, 11) is 0. The Kier molecular flexibility index (Phi) is 2.70. The van der Waals surface area contributed by atoms with Gasteiger partial charge in [0.05, 0.1) is 23.3 Å². The molecule has 5 heteroatoms. The molecule has 1 aromatic carbocycles. The molecule has 1 aromatic heterocycles. The second-order valence-electron chi connectivity index (χ2n) is 4.09. The highest BCUT2D eigenvalue weighted by molar-refractivity contribution is 14.1. The number of halogens is 1. The Bertz CT molecular complexity index is 673. The predicted octanol–water partition coefficient (Wildman–Crippen LogP) is 2.82. The van der Waals surface area contributed by atoms with Crippen molar-refractivity contribution in [1.29, 1.82) is 0 Å². The van der Waals surface area contributed by atoms with Gasteiger partial charge in [-0.2, -0.15) is 0 Å². The highest BCUT2D eigenvalue weighted by Gasteiger charge is 2.26. The number of anilines is 1. The van der Waals surface area contributed by atoms with Crippen LogP contribution in [0, 0.1) is 10.5 Å². The maximum atomic E-state index is 12.0. The fraction of sp³-hybridized carbons (Fsp3) is 0.0769. The molecule has 2 N–H and O–H groups in total. The van der Waals surface area contributed by atoms with E-state index in [2.05, 4.69) is 37.9 Å². The SMILES string of the molecule is Cc1[nH]cnc1C=C1C(=O)Nc2cccc(I)c21. The van der Waals surface area contributed by atoms with E-state index in [0.29, 0.717) is 5.57 Å². The fourth-order valence-electron chi connectivity index (χ4n) is 1.99. The third-order valence-corrected chi connectivity index (χ3v) is 3.82. The molecule has 0 fully saturated rings. The van der Waals surface area contributed by atoms with Crippen molar-refractivity contribution in [2.75, 3.05) is 5.32 Å². The van der Waals surface area contributed by atoms with Gasteiger partial charge in [0.1, 0.15) is 0 Å². The van der Waals surface area contributed by atoms with Crippen molar-refractivity contribution < 1.29 is 4.79 Å². The van der Waals surface area contributed by atoms with E-state index in [9.17, 15) is 4.79 Å². The Morgan fingerprint density at radius 3 is 2.94 bits per heavy atom. The first-order chi connectivity index (χ1) is 8.66. The highest BCUT2D eigenvalue weighted by atomic mass is 127. The van der Waals surface area contributed by atoms with E-state index in [1.807, 2.05) is 31.2 Å². The Morgan fingerprint density at radius 2 is 2.22 bits per heavy atom. The van der Waals surface area contributed by atoms with Crippen LogP contribution < -0.4 is 5.32 Å². The summed E-state index contributed by atoms with van der Waals surface area (Å²) in [5.74, 6) is -0.0727. The summed E-state index contributed by atoms with van der Waals surface area (Å²) >= 11 is 2.24. The number of amides is 1. The lowest BCUT2D eigenvalue weighted by molar-refractivity contribution is -0.110. The molecule has 0 aliphatic carbocycles. The number of imidazole rings is 1. The average molecular weight is 351 g/mol. The minimum absolute atomic E-state index is 0.0727. The van der Waals surface area contributed by atoms with Crippen LogP contribution in [-0.2, 0) is 4.79 Å². The minimum atomic E-state index is -0.0727. The zero-order valence-corrected chi connectivity index (χ0v) is 11.8. The number of nitrogens with one attached hydrogen (secondary N) is 2. The molecule has 1 aliphatic heterocycles. The first-order valence-electron chi connectivity index (χ1n) is 5.48. The van der Waals surface area contributed by atoms with Crippen LogP contribution in [0.5, 0.6) is 0 Å². The molecule has 0 atom stereocenters. The number of aromatic amines is 1. The molecule has 0 bridgehead atoms. The standard InChI is InChI=1S/C13H10IN3O/c1-7-11(16-6-15-7)5-8-12-9(14)3-2-4-10(12)17-13(8)18/h2-6H,1H3,(H,15,16)(H,17,18). The van der Waals surface area contributed by atoms with Crippen molar-refractivity contribution >= 4 is 45.8 Å². The van der Waals surface area contributed by atoms with Gasteiger partial charge in [0.25, 0.3) is 5.91 Å².